The molecule has 0 bridgehead atoms. The SMILES string of the molecule is O=C(NC(=S)Nc1c(Br)cc(Br)cc1-c1nc2ccccc2s1)c1ccc(OCc2ccccc2)cc1. The van der Waals surface area contributed by atoms with E-state index in [0.717, 1.165) is 41.0 Å². The summed E-state index contributed by atoms with van der Waals surface area (Å²) in [6, 6.07) is 28.7. The Bertz CT molecular complexity index is 1560. The zero-order chi connectivity index (χ0) is 25.8. The predicted molar refractivity (Wildman–Crippen MR) is 161 cm³/mol. The molecule has 5 nitrogen and oxygen atoms in total. The summed E-state index contributed by atoms with van der Waals surface area (Å²) in [6.07, 6.45) is 0. The molecule has 0 unspecified atom stereocenters. The number of aromatic nitrogens is 1. The Hall–Kier alpha value is -3.11. The fourth-order valence-corrected chi connectivity index (χ4v) is 6.13. The number of benzene rings is 4. The van der Waals surface area contributed by atoms with Crippen LogP contribution in [0.25, 0.3) is 20.8 Å². The molecule has 9 heteroatoms. The van der Waals surface area contributed by atoms with Gasteiger partial charge in [-0.25, -0.2) is 4.98 Å². The molecule has 0 saturated heterocycles. The molecule has 0 saturated carbocycles. The van der Waals surface area contributed by atoms with Crippen LogP contribution in [-0.4, -0.2) is 16.0 Å². The lowest BCUT2D eigenvalue weighted by atomic mass is 10.2. The van der Waals surface area contributed by atoms with Crippen LogP contribution < -0.4 is 15.4 Å². The first-order valence-electron chi connectivity index (χ1n) is 11.2. The first-order chi connectivity index (χ1) is 18.0. The molecule has 0 aliphatic rings. The normalized spacial score (nSPS) is 10.8. The van der Waals surface area contributed by atoms with E-state index in [1.165, 1.54) is 0 Å². The summed E-state index contributed by atoms with van der Waals surface area (Å²) in [6.45, 7) is 0.458. The van der Waals surface area contributed by atoms with Gasteiger partial charge in [-0.15, -0.1) is 11.3 Å². The van der Waals surface area contributed by atoms with Crippen LogP contribution in [-0.2, 0) is 6.61 Å². The second kappa shape index (κ2) is 11.5. The fraction of sp³-hybridized carbons (Fsp3) is 0.0357. The number of rotatable bonds is 6. The largest absolute Gasteiger partial charge is 0.489 e. The smallest absolute Gasteiger partial charge is 0.257 e. The monoisotopic (exact) mass is 651 g/mol. The number of thiazole rings is 1. The van der Waals surface area contributed by atoms with Crippen LogP contribution in [0.4, 0.5) is 5.69 Å². The van der Waals surface area contributed by atoms with E-state index >= 15 is 0 Å². The number of nitrogens with zero attached hydrogens (tertiary/aromatic N) is 1. The van der Waals surface area contributed by atoms with Crippen molar-refractivity contribution in [1.29, 1.82) is 0 Å². The van der Waals surface area contributed by atoms with E-state index in [0.29, 0.717) is 17.9 Å². The minimum absolute atomic E-state index is 0.180. The maximum atomic E-state index is 12.8. The first kappa shape index (κ1) is 25.5. The Labute approximate surface area is 240 Å². The van der Waals surface area contributed by atoms with Gasteiger partial charge < -0.3 is 10.1 Å². The molecule has 5 rings (SSSR count). The number of halogens is 2. The Morgan fingerprint density at radius 1 is 0.946 bits per heavy atom. The molecule has 0 atom stereocenters. The van der Waals surface area contributed by atoms with Crippen molar-refractivity contribution in [3.8, 4) is 16.3 Å². The van der Waals surface area contributed by atoms with E-state index in [2.05, 4.69) is 42.5 Å². The third-order valence-electron chi connectivity index (χ3n) is 5.41. The van der Waals surface area contributed by atoms with Crippen molar-refractivity contribution in [3.63, 3.8) is 0 Å². The van der Waals surface area contributed by atoms with Crippen molar-refractivity contribution in [1.82, 2.24) is 10.3 Å². The lowest BCUT2D eigenvalue weighted by Crippen LogP contribution is -2.34. The molecular weight excluding hydrogens is 634 g/mol. The second-order valence-corrected chi connectivity index (χ2v) is 11.2. The topological polar surface area (TPSA) is 63.2 Å². The van der Waals surface area contributed by atoms with Crippen molar-refractivity contribution >= 4 is 82.3 Å². The number of para-hydroxylation sites is 1. The zero-order valence-corrected chi connectivity index (χ0v) is 24.0. The summed E-state index contributed by atoms with van der Waals surface area (Å²) in [4.78, 5) is 17.6. The van der Waals surface area contributed by atoms with Gasteiger partial charge in [0.1, 0.15) is 17.4 Å². The van der Waals surface area contributed by atoms with Crippen LogP contribution in [0.2, 0.25) is 0 Å². The highest BCUT2D eigenvalue weighted by atomic mass is 79.9. The van der Waals surface area contributed by atoms with Crippen molar-refractivity contribution in [3.05, 3.63) is 111 Å². The highest BCUT2D eigenvalue weighted by Crippen LogP contribution is 2.40. The highest BCUT2D eigenvalue weighted by Gasteiger charge is 2.17. The van der Waals surface area contributed by atoms with Gasteiger partial charge in [0.15, 0.2) is 5.11 Å². The summed E-state index contributed by atoms with van der Waals surface area (Å²) >= 11 is 14.2. The fourth-order valence-electron chi connectivity index (χ4n) is 3.62. The standard InChI is InChI=1S/C28H19Br2N3O2S2/c29-19-14-21(27-31-23-8-4-5-9-24(23)37-27)25(22(30)15-19)32-28(36)33-26(34)18-10-12-20(13-11-18)35-16-17-6-2-1-3-7-17/h1-15H,16H2,(H2,32,33,34,36). The molecule has 1 amide bonds. The lowest BCUT2D eigenvalue weighted by molar-refractivity contribution is 0.0977. The molecule has 1 aromatic heterocycles. The number of anilines is 1. The molecular formula is C28H19Br2N3O2S2. The molecule has 0 radical (unpaired) electrons. The molecule has 37 heavy (non-hydrogen) atoms. The number of thiocarbonyl (C=S) groups is 1. The minimum Gasteiger partial charge on any atom is -0.489 e. The molecule has 2 N–H and O–H groups in total. The number of amides is 1. The summed E-state index contributed by atoms with van der Waals surface area (Å²) in [7, 11) is 0. The number of ether oxygens (including phenoxy) is 1. The molecule has 1 heterocycles. The average molecular weight is 653 g/mol. The Morgan fingerprint density at radius 3 is 2.43 bits per heavy atom. The Kier molecular flexibility index (Phi) is 7.95. The molecule has 184 valence electrons. The maximum Gasteiger partial charge on any atom is 0.257 e. The van der Waals surface area contributed by atoms with Gasteiger partial charge in [-0.2, -0.15) is 0 Å². The first-order valence-corrected chi connectivity index (χ1v) is 14.0. The van der Waals surface area contributed by atoms with Crippen LogP contribution >= 0.6 is 55.4 Å². The summed E-state index contributed by atoms with van der Waals surface area (Å²) in [5.74, 6) is 0.363. The van der Waals surface area contributed by atoms with Crippen LogP contribution in [0.3, 0.4) is 0 Å². The number of carbonyl (C=O) groups is 1. The van der Waals surface area contributed by atoms with Crippen molar-refractivity contribution in [2.75, 3.05) is 5.32 Å². The molecule has 0 aliphatic heterocycles. The van der Waals surface area contributed by atoms with Gasteiger partial charge in [0, 0.05) is 20.1 Å². The van der Waals surface area contributed by atoms with Crippen LogP contribution in [0.1, 0.15) is 15.9 Å². The molecule has 0 spiro atoms. The number of carbonyl (C=O) groups excluding carboxylic acids is 1. The van der Waals surface area contributed by atoms with E-state index in [4.69, 9.17) is 21.9 Å². The van der Waals surface area contributed by atoms with Gasteiger partial charge >= 0.3 is 0 Å². The quantitative estimate of drug-likeness (QED) is 0.181. The van der Waals surface area contributed by atoms with E-state index in [9.17, 15) is 4.79 Å². The van der Waals surface area contributed by atoms with E-state index in [-0.39, 0.29) is 11.0 Å². The van der Waals surface area contributed by atoms with Crippen LogP contribution in [0.15, 0.2) is 99.9 Å². The number of nitrogens with one attached hydrogen (secondary N) is 2. The Morgan fingerprint density at radius 2 is 1.68 bits per heavy atom. The van der Waals surface area contributed by atoms with Crippen LogP contribution in [0, 0.1) is 0 Å². The van der Waals surface area contributed by atoms with E-state index < -0.39 is 0 Å². The minimum atomic E-state index is -0.318. The van der Waals surface area contributed by atoms with Gasteiger partial charge in [0.25, 0.3) is 5.91 Å². The highest BCUT2D eigenvalue weighted by molar-refractivity contribution is 9.11. The number of fused-ring (bicyclic) bond motifs is 1. The average Bonchev–Trinajstić information content (AvgIpc) is 3.34. The summed E-state index contributed by atoms with van der Waals surface area (Å²) < 4.78 is 8.57. The van der Waals surface area contributed by atoms with E-state index in [1.54, 1.807) is 35.6 Å². The van der Waals surface area contributed by atoms with Gasteiger partial charge in [0.05, 0.1) is 15.9 Å². The van der Waals surface area contributed by atoms with Crippen LogP contribution in [0.5, 0.6) is 5.75 Å². The molecule has 5 aromatic rings. The summed E-state index contributed by atoms with van der Waals surface area (Å²) in [5, 5.41) is 6.95. The van der Waals surface area contributed by atoms with Gasteiger partial charge in [-0.1, -0.05) is 58.4 Å². The second-order valence-electron chi connectivity index (χ2n) is 8.00. The number of hydrogen-bond donors (Lipinski definition) is 2. The third-order valence-corrected chi connectivity index (χ3v) is 7.77. The number of hydrogen-bond acceptors (Lipinski definition) is 5. The Balaban J connectivity index is 1.28. The predicted octanol–water partition coefficient (Wildman–Crippen LogP) is 8.19. The van der Waals surface area contributed by atoms with Crippen molar-refractivity contribution in [2.24, 2.45) is 0 Å². The zero-order valence-electron chi connectivity index (χ0n) is 19.2. The third kappa shape index (κ3) is 6.24. The van der Waals surface area contributed by atoms with Gasteiger partial charge in [-0.3, -0.25) is 10.1 Å². The maximum absolute atomic E-state index is 12.8. The van der Waals surface area contributed by atoms with E-state index in [1.807, 2.05) is 66.7 Å². The van der Waals surface area contributed by atoms with Gasteiger partial charge in [-0.05, 0) is 82.2 Å². The van der Waals surface area contributed by atoms with Crippen molar-refractivity contribution in [2.45, 2.75) is 6.61 Å². The lowest BCUT2D eigenvalue weighted by Gasteiger charge is -2.15. The molecule has 0 fully saturated rings. The van der Waals surface area contributed by atoms with Gasteiger partial charge in [0.2, 0.25) is 0 Å². The molecule has 0 aliphatic carbocycles. The summed E-state index contributed by atoms with van der Waals surface area (Å²) in [5.41, 5.74) is 4.05. The van der Waals surface area contributed by atoms with Crippen molar-refractivity contribution < 1.29 is 9.53 Å². The molecule has 4 aromatic carbocycles.